The van der Waals surface area contributed by atoms with E-state index in [1.807, 2.05) is 47.7 Å². The SMILES string of the molecule is Cc1cnc2[nH]c3c(OC(I)C(CN(C)C)OP(=O)(O)O)ccc(-c4cccc(S(=O)(=O)C5CC5)c4)c3c2c1. The van der Waals surface area contributed by atoms with Gasteiger partial charge in [-0.15, -0.1) is 0 Å². The molecule has 1 saturated carbocycles. The summed E-state index contributed by atoms with van der Waals surface area (Å²) in [7, 11) is -4.59. The van der Waals surface area contributed by atoms with Gasteiger partial charge >= 0.3 is 7.82 Å². The molecular weight excluding hydrogens is 656 g/mol. The first-order chi connectivity index (χ1) is 18.3. The molecule has 4 aromatic rings. The summed E-state index contributed by atoms with van der Waals surface area (Å²) in [6, 6.07) is 12.6. The summed E-state index contributed by atoms with van der Waals surface area (Å²) in [6.07, 6.45) is 2.20. The smallest absolute Gasteiger partial charge is 0.470 e. The van der Waals surface area contributed by atoms with E-state index >= 15 is 0 Å². The third kappa shape index (κ3) is 6.17. The van der Waals surface area contributed by atoms with Crippen LogP contribution >= 0.6 is 30.4 Å². The van der Waals surface area contributed by atoms with Crippen LogP contribution in [0.3, 0.4) is 0 Å². The van der Waals surface area contributed by atoms with Gasteiger partial charge in [0.15, 0.2) is 13.9 Å². The quantitative estimate of drug-likeness (QED) is 0.122. The number of nitrogens with zero attached hydrogens (tertiary/aromatic N) is 2. The number of halogens is 1. The summed E-state index contributed by atoms with van der Waals surface area (Å²) in [5.74, 6) is 0.448. The average Bonchev–Trinajstić information content (AvgIpc) is 3.65. The first-order valence-electron chi connectivity index (χ1n) is 12.3. The van der Waals surface area contributed by atoms with Crippen LogP contribution < -0.4 is 4.74 Å². The predicted octanol–water partition coefficient (Wildman–Crippen LogP) is 4.81. The predicted molar refractivity (Wildman–Crippen MR) is 158 cm³/mol. The largest absolute Gasteiger partial charge is 0.475 e. The number of alkyl halides is 1. The summed E-state index contributed by atoms with van der Waals surface area (Å²) in [5.41, 5.74) is 3.79. The molecule has 3 N–H and O–H groups in total. The van der Waals surface area contributed by atoms with Gasteiger partial charge in [-0.1, -0.05) is 12.1 Å². The molecule has 2 heterocycles. The highest BCUT2D eigenvalue weighted by atomic mass is 127. The summed E-state index contributed by atoms with van der Waals surface area (Å²) in [5, 5.41) is 1.35. The van der Waals surface area contributed by atoms with Crippen molar-refractivity contribution in [3.63, 3.8) is 0 Å². The van der Waals surface area contributed by atoms with Gasteiger partial charge in [-0.2, -0.15) is 0 Å². The Kier molecular flexibility index (Phi) is 7.83. The number of pyridine rings is 1. The Morgan fingerprint density at radius 1 is 1.21 bits per heavy atom. The van der Waals surface area contributed by atoms with Gasteiger partial charge in [0.1, 0.15) is 17.5 Å². The number of ether oxygens (including phenoxy) is 1. The lowest BCUT2D eigenvalue weighted by Gasteiger charge is -2.26. The van der Waals surface area contributed by atoms with Gasteiger partial charge in [-0.25, -0.2) is 18.0 Å². The second kappa shape index (κ2) is 10.7. The van der Waals surface area contributed by atoms with Crippen LogP contribution in [0, 0.1) is 6.92 Å². The average molecular weight is 685 g/mol. The minimum Gasteiger partial charge on any atom is -0.475 e. The van der Waals surface area contributed by atoms with Gasteiger partial charge < -0.3 is 24.4 Å². The van der Waals surface area contributed by atoms with Crippen molar-refractivity contribution in [1.29, 1.82) is 0 Å². The second-order valence-corrected chi connectivity index (χ2v) is 14.7. The van der Waals surface area contributed by atoms with Crippen molar-refractivity contribution in [3.05, 3.63) is 54.2 Å². The monoisotopic (exact) mass is 685 g/mol. The Morgan fingerprint density at radius 2 is 1.95 bits per heavy atom. The van der Waals surface area contributed by atoms with Crippen LogP contribution in [0.15, 0.2) is 53.6 Å². The molecule has 0 radical (unpaired) electrons. The van der Waals surface area contributed by atoms with Crippen LogP contribution in [0.25, 0.3) is 33.1 Å². The Morgan fingerprint density at radius 3 is 2.62 bits per heavy atom. The Balaban J connectivity index is 1.62. The van der Waals surface area contributed by atoms with E-state index in [1.54, 1.807) is 49.5 Å². The van der Waals surface area contributed by atoms with Crippen molar-refractivity contribution in [2.75, 3.05) is 20.6 Å². The van der Waals surface area contributed by atoms with Gasteiger partial charge in [-0.05, 0) is 103 Å². The molecule has 0 spiro atoms. The highest BCUT2D eigenvalue weighted by Gasteiger charge is 2.37. The molecule has 0 aliphatic heterocycles. The normalized spacial score (nSPS) is 16.2. The van der Waals surface area contributed by atoms with Crippen molar-refractivity contribution >= 4 is 62.2 Å². The van der Waals surface area contributed by atoms with Crippen LogP contribution in [0.1, 0.15) is 18.4 Å². The third-order valence-electron chi connectivity index (χ3n) is 6.49. The molecule has 10 nitrogen and oxygen atoms in total. The number of hydrogen-bond acceptors (Lipinski definition) is 7. The van der Waals surface area contributed by atoms with E-state index in [2.05, 4.69) is 9.97 Å². The van der Waals surface area contributed by atoms with E-state index < -0.39 is 27.9 Å². The fourth-order valence-electron chi connectivity index (χ4n) is 4.61. The number of benzene rings is 2. The molecule has 1 fully saturated rings. The Labute approximate surface area is 240 Å². The maximum Gasteiger partial charge on any atom is 0.470 e. The molecular formula is C26H29IN3O7PS. The maximum atomic E-state index is 13.0. The first-order valence-corrected chi connectivity index (χ1v) is 16.6. The number of rotatable bonds is 10. The molecule has 2 unspecified atom stereocenters. The van der Waals surface area contributed by atoms with E-state index in [0.29, 0.717) is 34.7 Å². The molecule has 0 saturated heterocycles. The molecule has 2 aromatic heterocycles. The van der Waals surface area contributed by atoms with Gasteiger partial charge in [0.05, 0.1) is 15.7 Å². The number of H-pyrrole nitrogens is 1. The van der Waals surface area contributed by atoms with Crippen molar-refractivity contribution in [1.82, 2.24) is 14.9 Å². The standard InChI is InChI=1S/C26H29IN3O7PS/c1-15-11-20-23-19(16-5-4-6-18(12-16)39(34,35)17-7-8-17)9-10-21(24(23)29-26(20)28-13-15)36-25(27)22(14-30(2)3)37-38(31,32)33/h4-6,9-13,17,22,25H,7-8,14H2,1-3H3,(H,28,29)(H2,31,32,33). The van der Waals surface area contributed by atoms with Crippen molar-refractivity contribution in [3.8, 4) is 16.9 Å². The molecule has 5 rings (SSSR count). The summed E-state index contributed by atoms with van der Waals surface area (Å²) in [6.45, 7) is 2.16. The first kappa shape index (κ1) is 28.5. The van der Waals surface area contributed by atoms with Crippen LogP contribution in [-0.2, 0) is 18.9 Å². The molecule has 0 amide bonds. The van der Waals surface area contributed by atoms with Crippen molar-refractivity contribution in [2.45, 2.75) is 40.1 Å². The lowest BCUT2D eigenvalue weighted by atomic mass is 9.99. The van der Waals surface area contributed by atoms with Gasteiger partial charge in [0.25, 0.3) is 0 Å². The molecule has 13 heteroatoms. The highest BCUT2D eigenvalue weighted by Crippen LogP contribution is 2.43. The number of aryl methyl sites for hydroxylation is 1. The molecule has 2 atom stereocenters. The number of fused-ring (bicyclic) bond motifs is 3. The number of hydrogen-bond donors (Lipinski definition) is 3. The summed E-state index contributed by atoms with van der Waals surface area (Å²) >= 11 is 1.97. The van der Waals surface area contributed by atoms with Gasteiger partial charge in [0.2, 0.25) is 0 Å². The number of nitrogens with one attached hydrogen (secondary N) is 1. The van der Waals surface area contributed by atoms with E-state index in [1.165, 1.54) is 0 Å². The molecule has 39 heavy (non-hydrogen) atoms. The maximum absolute atomic E-state index is 13.0. The zero-order valence-electron chi connectivity index (χ0n) is 21.5. The number of aromatic amines is 1. The highest BCUT2D eigenvalue weighted by molar-refractivity contribution is 14.1. The second-order valence-electron chi connectivity index (χ2n) is 10.0. The fraction of sp³-hybridized carbons (Fsp3) is 0.346. The lowest BCUT2D eigenvalue weighted by Crippen LogP contribution is -2.37. The molecule has 208 valence electrons. The third-order valence-corrected chi connectivity index (χ3v) is 10.4. The molecule has 2 aromatic carbocycles. The van der Waals surface area contributed by atoms with Gasteiger partial charge in [-0.3, -0.25) is 4.52 Å². The van der Waals surface area contributed by atoms with Crippen LogP contribution in [-0.4, -0.2) is 69.2 Å². The zero-order chi connectivity index (χ0) is 28.1. The van der Waals surface area contributed by atoms with Crippen molar-refractivity contribution < 1.29 is 32.0 Å². The summed E-state index contributed by atoms with van der Waals surface area (Å²) < 4.78 is 48.1. The number of likely N-dealkylation sites (N-methyl/N-ethyl adjacent to an activating group) is 1. The zero-order valence-corrected chi connectivity index (χ0v) is 25.4. The number of sulfone groups is 1. The number of aromatic nitrogens is 2. The lowest BCUT2D eigenvalue weighted by molar-refractivity contribution is 0.0635. The molecule has 1 aliphatic rings. The van der Waals surface area contributed by atoms with Crippen LogP contribution in [0.2, 0.25) is 0 Å². The number of phosphoric ester groups is 1. The topological polar surface area (TPSA) is 142 Å². The van der Waals surface area contributed by atoms with Crippen molar-refractivity contribution in [2.24, 2.45) is 0 Å². The van der Waals surface area contributed by atoms with E-state index in [9.17, 15) is 22.8 Å². The van der Waals surface area contributed by atoms with E-state index in [0.717, 1.165) is 27.5 Å². The van der Waals surface area contributed by atoms with E-state index in [-0.39, 0.29) is 11.8 Å². The number of phosphoric acid groups is 1. The van der Waals surface area contributed by atoms with Crippen LogP contribution in [0.4, 0.5) is 0 Å². The van der Waals surface area contributed by atoms with Gasteiger partial charge in [0, 0.05) is 23.5 Å². The van der Waals surface area contributed by atoms with E-state index in [4.69, 9.17) is 9.26 Å². The fourth-order valence-corrected chi connectivity index (χ4v) is 7.72. The Hall–Kier alpha value is -2.06. The molecule has 0 bridgehead atoms. The van der Waals surface area contributed by atoms with Crippen LogP contribution in [0.5, 0.6) is 5.75 Å². The Bertz CT molecular complexity index is 1700. The minimum absolute atomic E-state index is 0.218. The summed E-state index contributed by atoms with van der Waals surface area (Å²) in [4.78, 5) is 28.8. The minimum atomic E-state index is -4.76. The molecule has 1 aliphatic carbocycles.